The number of sulfonamides is 1. The maximum absolute atomic E-state index is 12.3. The van der Waals surface area contributed by atoms with Gasteiger partial charge in [-0.1, -0.05) is 0 Å². The first-order valence-electron chi connectivity index (χ1n) is 8.05. The van der Waals surface area contributed by atoms with E-state index in [9.17, 15) is 13.2 Å². The SMILES string of the molecule is CC(C)(C)NS(=O)(=O)c1ccc(C(=O)Nc2nc(C3CC3)cs2)cc1. The molecule has 134 valence electrons. The van der Waals surface area contributed by atoms with E-state index in [1.165, 1.54) is 35.6 Å². The van der Waals surface area contributed by atoms with Gasteiger partial charge in [-0.2, -0.15) is 0 Å². The summed E-state index contributed by atoms with van der Waals surface area (Å²) in [6.07, 6.45) is 2.32. The summed E-state index contributed by atoms with van der Waals surface area (Å²) in [5.41, 5.74) is 0.854. The number of nitrogens with one attached hydrogen (secondary N) is 2. The van der Waals surface area contributed by atoms with Gasteiger partial charge in [-0.25, -0.2) is 18.1 Å². The van der Waals surface area contributed by atoms with Crippen LogP contribution >= 0.6 is 11.3 Å². The van der Waals surface area contributed by atoms with Crippen molar-refractivity contribution in [1.82, 2.24) is 9.71 Å². The van der Waals surface area contributed by atoms with Crippen molar-refractivity contribution in [3.8, 4) is 0 Å². The standard InChI is InChI=1S/C17H21N3O3S2/c1-17(2,3)20-25(22,23)13-8-6-12(7-9-13)15(21)19-16-18-14(10-24-16)11-4-5-11/h6-11,20H,4-5H2,1-3H3,(H,18,19,21). The van der Waals surface area contributed by atoms with Crippen LogP contribution in [0.3, 0.4) is 0 Å². The summed E-state index contributed by atoms with van der Waals surface area (Å²) in [6, 6.07) is 5.87. The number of amides is 1. The molecule has 1 aliphatic rings. The Morgan fingerprint density at radius 3 is 2.40 bits per heavy atom. The Bertz CT molecular complexity index is 877. The maximum Gasteiger partial charge on any atom is 0.257 e. The van der Waals surface area contributed by atoms with E-state index in [0.29, 0.717) is 16.6 Å². The summed E-state index contributed by atoms with van der Waals surface area (Å²) in [4.78, 5) is 16.8. The Morgan fingerprint density at radius 2 is 1.84 bits per heavy atom. The van der Waals surface area contributed by atoms with Crippen LogP contribution in [0.15, 0.2) is 34.5 Å². The van der Waals surface area contributed by atoms with Crippen molar-refractivity contribution >= 4 is 32.4 Å². The lowest BCUT2D eigenvalue weighted by atomic mass is 10.1. The topological polar surface area (TPSA) is 88.2 Å². The highest BCUT2D eigenvalue weighted by Gasteiger charge is 2.26. The lowest BCUT2D eigenvalue weighted by Crippen LogP contribution is -2.40. The van der Waals surface area contributed by atoms with E-state index in [2.05, 4.69) is 15.0 Å². The molecule has 1 saturated carbocycles. The molecule has 1 amide bonds. The molecular weight excluding hydrogens is 358 g/mol. The molecule has 0 unspecified atom stereocenters. The van der Waals surface area contributed by atoms with Gasteiger partial charge in [-0.3, -0.25) is 10.1 Å². The molecule has 0 atom stereocenters. The maximum atomic E-state index is 12.3. The highest BCUT2D eigenvalue weighted by molar-refractivity contribution is 7.89. The molecule has 1 aromatic carbocycles. The van der Waals surface area contributed by atoms with E-state index < -0.39 is 15.6 Å². The molecule has 0 saturated heterocycles. The third-order valence-electron chi connectivity index (χ3n) is 3.61. The van der Waals surface area contributed by atoms with Crippen molar-refractivity contribution in [3.05, 3.63) is 40.9 Å². The van der Waals surface area contributed by atoms with Crippen LogP contribution in [0, 0.1) is 0 Å². The molecule has 1 aromatic heterocycles. The number of carbonyl (C=O) groups excluding carboxylic acids is 1. The van der Waals surface area contributed by atoms with Gasteiger partial charge in [0.25, 0.3) is 5.91 Å². The van der Waals surface area contributed by atoms with Gasteiger partial charge in [0.2, 0.25) is 10.0 Å². The summed E-state index contributed by atoms with van der Waals surface area (Å²) in [7, 11) is -3.61. The van der Waals surface area contributed by atoms with Gasteiger partial charge in [0.1, 0.15) is 0 Å². The van der Waals surface area contributed by atoms with Crippen LogP contribution in [0.5, 0.6) is 0 Å². The highest BCUT2D eigenvalue weighted by atomic mass is 32.2. The fraction of sp³-hybridized carbons (Fsp3) is 0.412. The van der Waals surface area contributed by atoms with Gasteiger partial charge in [0.05, 0.1) is 10.6 Å². The Kier molecular flexibility index (Phi) is 4.70. The van der Waals surface area contributed by atoms with Crippen molar-refractivity contribution in [2.75, 3.05) is 5.32 Å². The van der Waals surface area contributed by atoms with Crippen LogP contribution in [0.2, 0.25) is 0 Å². The second-order valence-corrected chi connectivity index (χ2v) is 9.73. The minimum absolute atomic E-state index is 0.129. The Morgan fingerprint density at radius 1 is 1.20 bits per heavy atom. The summed E-state index contributed by atoms with van der Waals surface area (Å²) in [5, 5.41) is 5.30. The number of nitrogens with zero attached hydrogens (tertiary/aromatic N) is 1. The fourth-order valence-corrected chi connectivity index (χ4v) is 4.53. The van der Waals surface area contributed by atoms with Gasteiger partial charge < -0.3 is 0 Å². The first-order chi connectivity index (χ1) is 11.6. The number of thiazole rings is 1. The van der Waals surface area contributed by atoms with Crippen molar-refractivity contribution in [2.24, 2.45) is 0 Å². The van der Waals surface area contributed by atoms with Crippen LogP contribution in [0.1, 0.15) is 55.6 Å². The highest BCUT2D eigenvalue weighted by Crippen LogP contribution is 2.40. The molecule has 25 heavy (non-hydrogen) atoms. The average molecular weight is 380 g/mol. The third kappa shape index (κ3) is 4.65. The molecule has 0 radical (unpaired) electrons. The van der Waals surface area contributed by atoms with Crippen molar-refractivity contribution < 1.29 is 13.2 Å². The number of rotatable bonds is 5. The summed E-state index contributed by atoms with van der Waals surface area (Å²) in [6.45, 7) is 5.32. The molecule has 2 aromatic rings. The predicted molar refractivity (Wildman–Crippen MR) is 98.6 cm³/mol. The molecular formula is C17H21N3O3S2. The van der Waals surface area contributed by atoms with Crippen molar-refractivity contribution in [3.63, 3.8) is 0 Å². The Labute approximate surface area is 151 Å². The molecule has 0 aliphatic heterocycles. The molecule has 0 bridgehead atoms. The zero-order valence-corrected chi connectivity index (χ0v) is 16.0. The minimum atomic E-state index is -3.61. The molecule has 3 rings (SSSR count). The van der Waals surface area contributed by atoms with E-state index in [4.69, 9.17) is 0 Å². The Balaban J connectivity index is 1.69. The number of aromatic nitrogens is 1. The third-order valence-corrected chi connectivity index (χ3v) is 6.16. The van der Waals surface area contributed by atoms with Crippen LogP contribution in [-0.2, 0) is 10.0 Å². The fourth-order valence-electron chi connectivity index (χ4n) is 2.33. The molecule has 0 spiro atoms. The quantitative estimate of drug-likeness (QED) is 0.834. The molecule has 1 heterocycles. The second-order valence-electron chi connectivity index (χ2n) is 7.19. The first kappa shape index (κ1) is 18.0. The van der Waals surface area contributed by atoms with Gasteiger partial charge in [0.15, 0.2) is 5.13 Å². The number of hydrogen-bond donors (Lipinski definition) is 2. The first-order valence-corrected chi connectivity index (χ1v) is 10.4. The minimum Gasteiger partial charge on any atom is -0.298 e. The zero-order chi connectivity index (χ0) is 18.2. The van der Waals surface area contributed by atoms with Crippen molar-refractivity contribution in [1.29, 1.82) is 0 Å². The molecule has 2 N–H and O–H groups in total. The van der Waals surface area contributed by atoms with E-state index in [-0.39, 0.29) is 10.8 Å². The second kappa shape index (κ2) is 6.51. The summed E-state index contributed by atoms with van der Waals surface area (Å²) < 4.78 is 27.1. The molecule has 1 aliphatic carbocycles. The average Bonchev–Trinajstić information content (AvgIpc) is 3.25. The van der Waals surface area contributed by atoms with E-state index in [0.717, 1.165) is 18.5 Å². The van der Waals surface area contributed by atoms with Gasteiger partial charge in [-0.15, -0.1) is 11.3 Å². The molecule has 1 fully saturated rings. The Hall–Kier alpha value is -1.77. The number of benzene rings is 1. The number of hydrogen-bond acceptors (Lipinski definition) is 5. The van der Waals surface area contributed by atoms with Gasteiger partial charge in [0, 0.05) is 22.4 Å². The van der Waals surface area contributed by atoms with Crippen LogP contribution in [0.25, 0.3) is 0 Å². The van der Waals surface area contributed by atoms with Gasteiger partial charge in [-0.05, 0) is 57.9 Å². The lowest BCUT2D eigenvalue weighted by Gasteiger charge is -2.20. The van der Waals surface area contributed by atoms with Gasteiger partial charge >= 0.3 is 0 Å². The van der Waals surface area contributed by atoms with Crippen molar-refractivity contribution in [2.45, 2.75) is 50.0 Å². The van der Waals surface area contributed by atoms with E-state index in [1.54, 1.807) is 20.8 Å². The monoisotopic (exact) mass is 379 g/mol. The number of carbonyl (C=O) groups is 1. The molecule has 8 heteroatoms. The van der Waals surface area contributed by atoms with Crippen LogP contribution in [-0.4, -0.2) is 24.8 Å². The normalized spacial score (nSPS) is 15.2. The largest absolute Gasteiger partial charge is 0.298 e. The lowest BCUT2D eigenvalue weighted by molar-refractivity contribution is 0.102. The predicted octanol–water partition coefficient (Wildman–Crippen LogP) is 3.35. The van der Waals surface area contributed by atoms with Crippen LogP contribution < -0.4 is 10.0 Å². The van der Waals surface area contributed by atoms with Crippen LogP contribution in [0.4, 0.5) is 5.13 Å². The number of anilines is 1. The van der Waals surface area contributed by atoms with E-state index in [1.807, 2.05) is 5.38 Å². The zero-order valence-electron chi connectivity index (χ0n) is 14.4. The summed E-state index contributed by atoms with van der Waals surface area (Å²) in [5.74, 6) is 0.242. The molecule has 6 nitrogen and oxygen atoms in total. The van der Waals surface area contributed by atoms with E-state index >= 15 is 0 Å². The summed E-state index contributed by atoms with van der Waals surface area (Å²) >= 11 is 1.41. The smallest absolute Gasteiger partial charge is 0.257 e.